The van der Waals surface area contributed by atoms with Gasteiger partial charge in [-0.15, -0.1) is 0 Å². The van der Waals surface area contributed by atoms with E-state index in [2.05, 4.69) is 9.97 Å². The summed E-state index contributed by atoms with van der Waals surface area (Å²) in [4.78, 5) is 26.0. The number of benzene rings is 1. The maximum atomic E-state index is 13.3. The Morgan fingerprint density at radius 1 is 1.12 bits per heavy atom. The second-order valence-electron chi connectivity index (χ2n) is 7.79. The van der Waals surface area contributed by atoms with E-state index in [0.717, 1.165) is 21.4 Å². The predicted octanol–water partition coefficient (Wildman–Crippen LogP) is 3.63. The molecule has 1 amide bonds. The predicted molar refractivity (Wildman–Crippen MR) is 126 cm³/mol. The minimum atomic E-state index is -0.125. The minimum Gasteiger partial charge on any atom is -0.618 e. The topological polar surface area (TPSA) is 85.5 Å². The van der Waals surface area contributed by atoms with Gasteiger partial charge in [-0.3, -0.25) is 4.79 Å². The molecule has 1 aromatic carbocycles. The average molecular weight is 443 g/mol. The molecule has 5 rings (SSSR count). The number of amides is 1. The van der Waals surface area contributed by atoms with E-state index in [-0.39, 0.29) is 5.91 Å². The number of fused-ring (bicyclic) bond motifs is 3. The van der Waals surface area contributed by atoms with Gasteiger partial charge >= 0.3 is 0 Å². The molecule has 4 heterocycles. The van der Waals surface area contributed by atoms with Crippen LogP contribution in [0.25, 0.3) is 10.9 Å². The molecule has 33 heavy (non-hydrogen) atoms. The van der Waals surface area contributed by atoms with Gasteiger partial charge in [0.1, 0.15) is 11.6 Å². The smallest absolute Gasteiger partial charge is 0.261 e. The van der Waals surface area contributed by atoms with Crippen LogP contribution in [0.3, 0.4) is 0 Å². The summed E-state index contributed by atoms with van der Waals surface area (Å²) in [5, 5.41) is 12.7. The van der Waals surface area contributed by atoms with Crippen LogP contribution in [0.5, 0.6) is 5.75 Å². The molecule has 0 unspecified atom stereocenters. The third kappa shape index (κ3) is 3.59. The summed E-state index contributed by atoms with van der Waals surface area (Å²) in [5.74, 6) is 1.84. The van der Waals surface area contributed by atoms with Crippen LogP contribution >= 0.6 is 0 Å². The molecule has 0 fully saturated rings. The number of carbonyl (C=O) groups excluding carboxylic acids is 1. The molecule has 0 atom stereocenters. The quantitative estimate of drug-likeness (QED) is 0.346. The van der Waals surface area contributed by atoms with Crippen LogP contribution in [-0.2, 0) is 6.42 Å². The second-order valence-corrected chi connectivity index (χ2v) is 7.79. The monoisotopic (exact) mass is 443 g/mol. The highest BCUT2D eigenvalue weighted by Gasteiger charge is 2.30. The molecule has 4 aromatic rings. The van der Waals surface area contributed by atoms with Crippen molar-refractivity contribution in [1.82, 2.24) is 9.97 Å². The third-order valence-corrected chi connectivity index (χ3v) is 5.83. The molecule has 0 aliphatic carbocycles. The second kappa shape index (κ2) is 8.38. The zero-order valence-corrected chi connectivity index (χ0v) is 18.4. The number of nitrogens with zero attached hydrogens (tertiary/aromatic N) is 5. The molecule has 1 aliphatic heterocycles. The number of pyridine rings is 3. The Hall–Kier alpha value is -4.20. The summed E-state index contributed by atoms with van der Waals surface area (Å²) in [7, 11) is 1.75. The Morgan fingerprint density at radius 3 is 2.82 bits per heavy atom. The summed E-state index contributed by atoms with van der Waals surface area (Å²) in [6, 6.07) is 14.6. The number of hydrogen-bond acceptors (Lipinski definition) is 6. The number of rotatable bonds is 5. The van der Waals surface area contributed by atoms with Gasteiger partial charge in [-0.25, -0.2) is 9.97 Å². The maximum absolute atomic E-state index is 13.3. The lowest BCUT2D eigenvalue weighted by molar-refractivity contribution is -0.577. The van der Waals surface area contributed by atoms with Crippen molar-refractivity contribution in [2.75, 3.05) is 30.0 Å². The third-order valence-electron chi connectivity index (χ3n) is 5.83. The maximum Gasteiger partial charge on any atom is 0.261 e. The zero-order chi connectivity index (χ0) is 22.9. The Balaban J connectivity index is 1.41. The number of aromatic nitrogens is 3. The first-order chi connectivity index (χ1) is 16.1. The highest BCUT2D eigenvalue weighted by atomic mass is 16.6. The molecule has 0 radical (unpaired) electrons. The average Bonchev–Trinajstić information content (AvgIpc) is 2.94. The molecule has 0 saturated carbocycles. The fraction of sp³-hybridized carbons (Fsp3) is 0.200. The van der Waals surface area contributed by atoms with E-state index in [1.165, 1.54) is 6.20 Å². The highest BCUT2D eigenvalue weighted by Crippen LogP contribution is 2.37. The molecule has 8 heteroatoms. The van der Waals surface area contributed by atoms with Crippen molar-refractivity contribution in [2.45, 2.75) is 13.3 Å². The van der Waals surface area contributed by atoms with Gasteiger partial charge in [0.2, 0.25) is 5.52 Å². The van der Waals surface area contributed by atoms with Gasteiger partial charge in [0.05, 0.1) is 23.2 Å². The fourth-order valence-corrected chi connectivity index (χ4v) is 4.14. The van der Waals surface area contributed by atoms with E-state index in [1.807, 2.05) is 48.2 Å². The first-order valence-corrected chi connectivity index (χ1v) is 10.8. The van der Waals surface area contributed by atoms with Crippen LogP contribution < -0.4 is 19.3 Å². The summed E-state index contributed by atoms with van der Waals surface area (Å²) in [6.07, 6.45) is 5.51. The molecule has 3 aromatic heterocycles. The number of anilines is 3. The van der Waals surface area contributed by atoms with Gasteiger partial charge in [-0.2, -0.15) is 4.73 Å². The van der Waals surface area contributed by atoms with Gasteiger partial charge in [0.25, 0.3) is 5.91 Å². The van der Waals surface area contributed by atoms with Crippen LogP contribution in [0.2, 0.25) is 0 Å². The SMILES string of the molecule is CCN1c2ncc(C[14CH2]Oc3cc[n+]([O-])c4ccccc34)cc2C(=O)N(C)c2cccnc21. The minimum absolute atomic E-state index is 0.125. The van der Waals surface area contributed by atoms with E-state index >= 15 is 0 Å². The number of para-hydroxylation sites is 1. The van der Waals surface area contributed by atoms with Crippen LogP contribution in [-0.4, -0.2) is 36.1 Å². The molecular formula is C25H23N5O3. The van der Waals surface area contributed by atoms with Crippen molar-refractivity contribution in [3.05, 3.63) is 83.5 Å². The largest absolute Gasteiger partial charge is 0.618 e. The van der Waals surface area contributed by atoms with Gasteiger partial charge in [0, 0.05) is 44.5 Å². The number of carbonyl (C=O) groups is 1. The van der Waals surface area contributed by atoms with Crippen molar-refractivity contribution in [1.29, 1.82) is 0 Å². The van der Waals surface area contributed by atoms with E-state index in [1.54, 1.807) is 36.5 Å². The lowest BCUT2D eigenvalue weighted by Crippen LogP contribution is -2.26. The molecule has 1 aliphatic rings. The standard InChI is InChI=1S/C25H23N5O3/c1-3-29-23-19(25(31)28(2)21-9-6-12-26-24(21)29)15-17(16-27-23)11-14-33-22-10-13-30(32)20-8-5-4-7-18(20)22/h4-10,12-13,15-16H,3,11,14H2,1-2H3/i14+2. The summed E-state index contributed by atoms with van der Waals surface area (Å²) in [5.41, 5.74) is 2.74. The van der Waals surface area contributed by atoms with Crippen LogP contribution in [0, 0.1) is 5.21 Å². The highest BCUT2D eigenvalue weighted by molar-refractivity contribution is 6.12. The van der Waals surface area contributed by atoms with E-state index in [0.29, 0.717) is 48.0 Å². The van der Waals surface area contributed by atoms with Crippen molar-refractivity contribution < 1.29 is 14.3 Å². The Kier molecular flexibility index (Phi) is 5.26. The molecule has 166 valence electrons. The first-order valence-electron chi connectivity index (χ1n) is 10.8. The van der Waals surface area contributed by atoms with Crippen LogP contribution in [0.4, 0.5) is 17.3 Å². The van der Waals surface area contributed by atoms with E-state index < -0.39 is 0 Å². The van der Waals surface area contributed by atoms with Gasteiger partial charge in [-0.05, 0) is 36.8 Å². The molecule has 0 bridgehead atoms. The van der Waals surface area contributed by atoms with Crippen molar-refractivity contribution >= 4 is 34.1 Å². The van der Waals surface area contributed by atoms with E-state index in [9.17, 15) is 10.0 Å². The molecular weight excluding hydrogens is 420 g/mol. The lowest BCUT2D eigenvalue weighted by atomic mass is 10.1. The van der Waals surface area contributed by atoms with Crippen molar-refractivity contribution in [3.63, 3.8) is 0 Å². The molecule has 0 spiro atoms. The van der Waals surface area contributed by atoms with Gasteiger partial charge in [-0.1, -0.05) is 12.1 Å². The van der Waals surface area contributed by atoms with E-state index in [4.69, 9.17) is 4.74 Å². The van der Waals surface area contributed by atoms with Gasteiger partial charge < -0.3 is 19.7 Å². The normalized spacial score (nSPS) is 13.0. The van der Waals surface area contributed by atoms with Crippen molar-refractivity contribution in [3.8, 4) is 5.75 Å². The Morgan fingerprint density at radius 2 is 1.97 bits per heavy atom. The van der Waals surface area contributed by atoms with Crippen LogP contribution in [0.1, 0.15) is 22.8 Å². The number of ether oxygens (including phenoxy) is 1. The van der Waals surface area contributed by atoms with Gasteiger partial charge in [0.15, 0.2) is 12.0 Å². The summed E-state index contributed by atoms with van der Waals surface area (Å²) < 4.78 is 6.82. The first kappa shape index (κ1) is 20.7. The lowest BCUT2D eigenvalue weighted by Gasteiger charge is -2.22. The van der Waals surface area contributed by atoms with Crippen LogP contribution in [0.15, 0.2) is 67.1 Å². The Labute approximate surface area is 191 Å². The molecule has 8 nitrogen and oxygen atoms in total. The molecule has 0 N–H and O–H groups in total. The fourth-order valence-electron chi connectivity index (χ4n) is 4.14. The summed E-state index contributed by atoms with van der Waals surface area (Å²) in [6.45, 7) is 3.03. The number of hydrogen-bond donors (Lipinski definition) is 0. The van der Waals surface area contributed by atoms with Crippen molar-refractivity contribution in [2.24, 2.45) is 0 Å². The Bertz CT molecular complexity index is 1360. The molecule has 0 saturated heterocycles. The summed E-state index contributed by atoms with van der Waals surface area (Å²) >= 11 is 0. The zero-order valence-electron chi connectivity index (χ0n) is 18.4.